The van der Waals surface area contributed by atoms with Gasteiger partial charge in [-0.15, -0.1) is 0 Å². The average molecular weight is 324 g/mol. The van der Waals surface area contributed by atoms with Crippen molar-refractivity contribution >= 4 is 22.7 Å². The molecule has 1 aromatic heterocycles. The highest BCUT2D eigenvalue weighted by molar-refractivity contribution is 5.93. The van der Waals surface area contributed by atoms with E-state index < -0.39 is 0 Å². The first-order valence-electron chi connectivity index (χ1n) is 7.91. The van der Waals surface area contributed by atoms with E-state index in [1.165, 1.54) is 0 Å². The maximum Gasteiger partial charge on any atom is 0.262 e. The van der Waals surface area contributed by atoms with Crippen LogP contribution in [-0.2, 0) is 4.79 Å². The number of nitrogens with one attached hydrogen (secondary N) is 1. The number of rotatable bonds is 5. The van der Waals surface area contributed by atoms with Gasteiger partial charge in [0.1, 0.15) is 11.3 Å². The van der Waals surface area contributed by atoms with Crippen molar-refractivity contribution in [2.24, 2.45) is 0 Å². The highest BCUT2D eigenvalue weighted by Gasteiger charge is 2.11. The molecule has 1 amide bonds. The maximum atomic E-state index is 12.0. The zero-order valence-corrected chi connectivity index (χ0v) is 14.0. The summed E-state index contributed by atoms with van der Waals surface area (Å²) < 4.78 is 11.2. The second-order valence-electron chi connectivity index (χ2n) is 6.04. The molecular formula is C19H20N2O3. The van der Waals surface area contributed by atoms with Crippen molar-refractivity contribution in [3.8, 4) is 5.75 Å². The van der Waals surface area contributed by atoms with Crippen LogP contribution in [0.1, 0.15) is 31.2 Å². The van der Waals surface area contributed by atoms with Crippen LogP contribution >= 0.6 is 0 Å². The number of nitrogens with zero attached hydrogens (tertiary/aromatic N) is 1. The van der Waals surface area contributed by atoms with Gasteiger partial charge in [0.05, 0.1) is 0 Å². The van der Waals surface area contributed by atoms with Crippen LogP contribution in [-0.4, -0.2) is 17.5 Å². The highest BCUT2D eigenvalue weighted by Crippen LogP contribution is 2.23. The van der Waals surface area contributed by atoms with Crippen LogP contribution in [0.4, 0.5) is 5.69 Å². The zero-order valence-electron chi connectivity index (χ0n) is 14.0. The van der Waals surface area contributed by atoms with Gasteiger partial charge in [-0.1, -0.05) is 31.5 Å². The molecule has 0 atom stereocenters. The van der Waals surface area contributed by atoms with Crippen LogP contribution < -0.4 is 10.1 Å². The number of carbonyl (C=O) groups is 1. The smallest absolute Gasteiger partial charge is 0.262 e. The van der Waals surface area contributed by atoms with Gasteiger partial charge < -0.3 is 14.5 Å². The number of oxazole rings is 1. The molecule has 0 bridgehead atoms. The molecular weight excluding hydrogens is 304 g/mol. The van der Waals surface area contributed by atoms with Crippen molar-refractivity contribution in [1.82, 2.24) is 4.98 Å². The summed E-state index contributed by atoms with van der Waals surface area (Å²) in [4.78, 5) is 16.4. The fourth-order valence-electron chi connectivity index (χ4n) is 2.25. The summed E-state index contributed by atoms with van der Waals surface area (Å²) in [5.74, 6) is 1.36. The lowest BCUT2D eigenvalue weighted by Crippen LogP contribution is -2.20. The minimum Gasteiger partial charge on any atom is -0.484 e. The predicted octanol–water partition coefficient (Wildman–Crippen LogP) is 4.28. The molecule has 0 radical (unpaired) electrons. The van der Waals surface area contributed by atoms with Gasteiger partial charge in [-0.25, -0.2) is 4.98 Å². The van der Waals surface area contributed by atoms with E-state index in [9.17, 15) is 4.79 Å². The molecule has 124 valence electrons. The Labute approximate surface area is 140 Å². The summed E-state index contributed by atoms with van der Waals surface area (Å²) in [6.45, 7) is 6.00. The Hall–Kier alpha value is -2.82. The third kappa shape index (κ3) is 3.74. The average Bonchev–Trinajstić information content (AvgIpc) is 2.98. The van der Waals surface area contributed by atoms with Crippen molar-refractivity contribution in [2.45, 2.75) is 26.7 Å². The first-order chi connectivity index (χ1) is 11.5. The highest BCUT2D eigenvalue weighted by atomic mass is 16.5. The molecule has 3 aromatic rings. The van der Waals surface area contributed by atoms with Crippen LogP contribution in [0.15, 0.2) is 46.9 Å². The lowest BCUT2D eigenvalue weighted by molar-refractivity contribution is -0.118. The van der Waals surface area contributed by atoms with E-state index in [2.05, 4.69) is 10.3 Å². The summed E-state index contributed by atoms with van der Waals surface area (Å²) in [5, 5.41) is 2.80. The molecule has 5 nitrogen and oxygen atoms in total. The Morgan fingerprint density at radius 2 is 1.96 bits per heavy atom. The molecule has 0 spiro atoms. The van der Waals surface area contributed by atoms with Crippen LogP contribution in [0.2, 0.25) is 0 Å². The first-order valence-corrected chi connectivity index (χ1v) is 7.91. The van der Waals surface area contributed by atoms with Crippen molar-refractivity contribution in [3.63, 3.8) is 0 Å². The van der Waals surface area contributed by atoms with Crippen LogP contribution in [0, 0.1) is 6.92 Å². The Balaban J connectivity index is 1.63. The molecule has 0 fully saturated rings. The molecule has 1 heterocycles. The fraction of sp³-hybridized carbons (Fsp3) is 0.263. The molecule has 1 N–H and O–H groups in total. The van der Waals surface area contributed by atoms with Crippen LogP contribution in [0.25, 0.3) is 11.1 Å². The number of hydrogen-bond donors (Lipinski definition) is 1. The van der Waals surface area contributed by atoms with Crippen molar-refractivity contribution < 1.29 is 13.9 Å². The van der Waals surface area contributed by atoms with Gasteiger partial charge in [-0.05, 0) is 31.2 Å². The molecule has 24 heavy (non-hydrogen) atoms. The Kier molecular flexibility index (Phi) is 4.51. The monoisotopic (exact) mass is 324 g/mol. The summed E-state index contributed by atoms with van der Waals surface area (Å²) >= 11 is 0. The molecule has 0 unspecified atom stereocenters. The molecule has 3 rings (SSSR count). The quantitative estimate of drug-likeness (QED) is 0.761. The van der Waals surface area contributed by atoms with E-state index in [4.69, 9.17) is 9.15 Å². The largest absolute Gasteiger partial charge is 0.484 e. The molecule has 5 heteroatoms. The predicted molar refractivity (Wildman–Crippen MR) is 93.4 cm³/mol. The van der Waals surface area contributed by atoms with Gasteiger partial charge in [0.2, 0.25) is 0 Å². The van der Waals surface area contributed by atoms with Crippen LogP contribution in [0.3, 0.4) is 0 Å². The number of aryl methyl sites for hydroxylation is 1. The first kappa shape index (κ1) is 16.1. The second kappa shape index (κ2) is 6.74. The number of ether oxygens (including phenoxy) is 1. The number of amides is 1. The molecule has 0 aliphatic heterocycles. The molecule has 0 saturated carbocycles. The van der Waals surface area contributed by atoms with Crippen molar-refractivity contribution in [3.05, 3.63) is 53.9 Å². The number of benzene rings is 2. The SMILES string of the molecule is Cc1ccc(OCC(=O)Nc2ccc3nc(C(C)C)oc3c2)cc1. The summed E-state index contributed by atoms with van der Waals surface area (Å²) in [6, 6.07) is 13.0. The normalized spacial score (nSPS) is 11.0. The Morgan fingerprint density at radius 3 is 2.67 bits per heavy atom. The topological polar surface area (TPSA) is 64.4 Å². The van der Waals surface area contributed by atoms with E-state index in [-0.39, 0.29) is 18.4 Å². The van der Waals surface area contributed by atoms with Gasteiger partial charge in [0.25, 0.3) is 5.91 Å². The maximum absolute atomic E-state index is 12.0. The van der Waals surface area contributed by atoms with Gasteiger partial charge in [0, 0.05) is 17.7 Å². The lowest BCUT2D eigenvalue weighted by Gasteiger charge is -2.07. The van der Waals surface area contributed by atoms with Gasteiger partial charge >= 0.3 is 0 Å². The van der Waals surface area contributed by atoms with E-state index in [0.717, 1.165) is 11.1 Å². The zero-order chi connectivity index (χ0) is 17.1. The van der Waals surface area contributed by atoms with E-state index in [1.54, 1.807) is 12.1 Å². The molecule has 0 aliphatic rings. The standard InChI is InChI=1S/C19H20N2O3/c1-12(2)19-21-16-9-6-14(10-17(16)24-19)20-18(22)11-23-15-7-4-13(3)5-8-15/h4-10,12H,11H2,1-3H3,(H,20,22). The lowest BCUT2D eigenvalue weighted by atomic mass is 10.2. The van der Waals surface area contributed by atoms with Gasteiger partial charge in [0.15, 0.2) is 18.1 Å². The minimum atomic E-state index is -0.224. The van der Waals surface area contributed by atoms with E-state index in [0.29, 0.717) is 22.9 Å². The summed E-state index contributed by atoms with van der Waals surface area (Å²) in [6.07, 6.45) is 0. The summed E-state index contributed by atoms with van der Waals surface area (Å²) in [7, 11) is 0. The third-order valence-electron chi connectivity index (χ3n) is 3.57. The molecule has 0 saturated heterocycles. The molecule has 2 aromatic carbocycles. The fourth-order valence-corrected chi connectivity index (χ4v) is 2.25. The van der Waals surface area contributed by atoms with Crippen molar-refractivity contribution in [1.29, 1.82) is 0 Å². The Bertz CT molecular complexity index is 851. The number of hydrogen-bond acceptors (Lipinski definition) is 4. The van der Waals surface area contributed by atoms with E-state index >= 15 is 0 Å². The minimum absolute atomic E-state index is 0.0469. The number of fused-ring (bicyclic) bond motifs is 1. The van der Waals surface area contributed by atoms with Gasteiger partial charge in [-0.2, -0.15) is 0 Å². The van der Waals surface area contributed by atoms with E-state index in [1.807, 2.05) is 51.1 Å². The second-order valence-corrected chi connectivity index (χ2v) is 6.04. The van der Waals surface area contributed by atoms with Gasteiger partial charge in [-0.3, -0.25) is 4.79 Å². The molecule has 0 aliphatic carbocycles. The third-order valence-corrected chi connectivity index (χ3v) is 3.57. The summed E-state index contributed by atoms with van der Waals surface area (Å²) in [5.41, 5.74) is 3.25. The van der Waals surface area contributed by atoms with Crippen LogP contribution in [0.5, 0.6) is 5.75 Å². The number of carbonyl (C=O) groups excluding carboxylic acids is 1. The van der Waals surface area contributed by atoms with Crippen molar-refractivity contribution in [2.75, 3.05) is 11.9 Å². The number of aromatic nitrogens is 1. The Morgan fingerprint density at radius 1 is 1.21 bits per heavy atom. The number of anilines is 1.